The average Bonchev–Trinajstić information content (AvgIpc) is 3.07. The maximum Gasteiger partial charge on any atom is 0.191 e. The molecule has 4 rings (SSSR count). The summed E-state index contributed by atoms with van der Waals surface area (Å²) in [4.78, 5) is 13.7. The average molecular weight is 369 g/mol. The highest BCUT2D eigenvalue weighted by Crippen LogP contribution is 2.33. The number of oxazole rings is 1. The van der Waals surface area contributed by atoms with Crippen molar-refractivity contribution in [3.05, 3.63) is 76.5 Å². The molecule has 0 aromatic carbocycles. The molecule has 0 saturated carbocycles. The zero-order valence-corrected chi connectivity index (χ0v) is 15.4. The molecular weight excluding hydrogens is 348 g/mol. The number of pyridine rings is 2. The summed E-state index contributed by atoms with van der Waals surface area (Å²) in [5.41, 5.74) is 3.88. The molecule has 6 heteroatoms. The van der Waals surface area contributed by atoms with E-state index in [0.29, 0.717) is 17.3 Å². The van der Waals surface area contributed by atoms with Crippen LogP contribution in [0.15, 0.2) is 47.2 Å². The van der Waals surface area contributed by atoms with Crippen molar-refractivity contribution in [2.75, 3.05) is 0 Å². The highest BCUT2D eigenvalue weighted by Gasteiger charge is 2.26. The molecule has 0 aliphatic carbocycles. The molecule has 134 valence electrons. The quantitative estimate of drug-likeness (QED) is 0.730. The Labute approximate surface area is 157 Å². The van der Waals surface area contributed by atoms with Crippen LogP contribution in [0.4, 0.5) is 0 Å². The van der Waals surface area contributed by atoms with Gasteiger partial charge in [0.2, 0.25) is 0 Å². The molecule has 0 spiro atoms. The Balaban J connectivity index is 1.52. The molecule has 1 N–H and O–H groups in total. The molecule has 0 amide bonds. The van der Waals surface area contributed by atoms with E-state index < -0.39 is 0 Å². The van der Waals surface area contributed by atoms with Gasteiger partial charge < -0.3 is 9.73 Å². The molecule has 1 aliphatic heterocycles. The van der Waals surface area contributed by atoms with E-state index in [-0.39, 0.29) is 12.1 Å². The van der Waals surface area contributed by atoms with Gasteiger partial charge in [-0.3, -0.25) is 9.97 Å². The third kappa shape index (κ3) is 3.79. The Bertz CT molecular complexity index is 895. The van der Waals surface area contributed by atoms with Crippen molar-refractivity contribution in [3.63, 3.8) is 0 Å². The third-order valence-electron chi connectivity index (χ3n) is 4.72. The van der Waals surface area contributed by atoms with E-state index >= 15 is 0 Å². The summed E-state index contributed by atoms with van der Waals surface area (Å²) in [7, 11) is 0. The molecular formula is C20H21ClN4O. The van der Waals surface area contributed by atoms with Gasteiger partial charge in [-0.15, -0.1) is 0 Å². The van der Waals surface area contributed by atoms with Crippen LogP contribution in [0.3, 0.4) is 0 Å². The summed E-state index contributed by atoms with van der Waals surface area (Å²) < 4.78 is 5.29. The lowest BCUT2D eigenvalue weighted by Crippen LogP contribution is -2.32. The smallest absolute Gasteiger partial charge is 0.191 e. The second-order valence-electron chi connectivity index (χ2n) is 6.66. The largest absolute Gasteiger partial charge is 0.449 e. The van der Waals surface area contributed by atoms with Gasteiger partial charge in [0.1, 0.15) is 6.26 Å². The first kappa shape index (κ1) is 17.2. The fourth-order valence-corrected chi connectivity index (χ4v) is 3.76. The summed E-state index contributed by atoms with van der Waals surface area (Å²) in [6.45, 7) is 1.85. The number of halogens is 1. The zero-order valence-electron chi connectivity index (χ0n) is 14.7. The van der Waals surface area contributed by atoms with Gasteiger partial charge in [-0.05, 0) is 43.5 Å². The molecule has 1 saturated heterocycles. The lowest BCUT2D eigenvalue weighted by molar-refractivity contribution is 0.321. The number of rotatable bonds is 4. The highest BCUT2D eigenvalue weighted by atomic mass is 35.5. The van der Waals surface area contributed by atoms with Gasteiger partial charge in [-0.1, -0.05) is 17.7 Å². The Kier molecular flexibility index (Phi) is 5.00. The number of nitrogens with zero attached hydrogens (tertiary/aromatic N) is 3. The molecule has 4 heterocycles. The monoisotopic (exact) mass is 368 g/mol. The lowest BCUT2D eigenvalue weighted by Gasteiger charge is -2.31. The summed E-state index contributed by atoms with van der Waals surface area (Å²) in [5, 5.41) is 4.39. The normalized spacial score (nSPS) is 20.2. The molecule has 26 heavy (non-hydrogen) atoms. The standard InChI is InChI=1S/C20H21ClN4O/c1-13-23-15(12-26-13)11-14-5-2-7-17(24-14)18-8-3-9-19(25-18)20-16(21)6-4-10-22-20/h2,4-7,10,12,18-19,25H,3,8-9,11H2,1H3/t18-,19+/m1/s1. The van der Waals surface area contributed by atoms with E-state index in [1.807, 2.05) is 25.1 Å². The van der Waals surface area contributed by atoms with Crippen LogP contribution in [0.1, 0.15) is 60.0 Å². The van der Waals surface area contributed by atoms with Gasteiger partial charge in [0.05, 0.1) is 28.1 Å². The fourth-order valence-electron chi connectivity index (χ4n) is 3.50. The van der Waals surface area contributed by atoms with Crippen molar-refractivity contribution >= 4 is 11.6 Å². The number of aromatic nitrogens is 3. The third-order valence-corrected chi connectivity index (χ3v) is 5.04. The maximum absolute atomic E-state index is 6.33. The first-order valence-electron chi connectivity index (χ1n) is 8.92. The highest BCUT2D eigenvalue weighted by molar-refractivity contribution is 6.31. The first-order valence-corrected chi connectivity index (χ1v) is 9.30. The molecule has 0 unspecified atom stereocenters. The number of aryl methyl sites for hydroxylation is 1. The van der Waals surface area contributed by atoms with Crippen molar-refractivity contribution in [1.82, 2.24) is 20.3 Å². The lowest BCUT2D eigenvalue weighted by atomic mass is 9.94. The molecule has 2 atom stereocenters. The minimum Gasteiger partial charge on any atom is -0.449 e. The van der Waals surface area contributed by atoms with E-state index in [9.17, 15) is 0 Å². The van der Waals surface area contributed by atoms with E-state index in [1.54, 1.807) is 12.5 Å². The first-order chi connectivity index (χ1) is 12.7. The number of hydrogen-bond donors (Lipinski definition) is 1. The predicted molar refractivity (Wildman–Crippen MR) is 100.0 cm³/mol. The van der Waals surface area contributed by atoms with E-state index in [1.165, 1.54) is 0 Å². The van der Waals surface area contributed by atoms with Crippen LogP contribution in [0.25, 0.3) is 0 Å². The summed E-state index contributed by atoms with van der Waals surface area (Å²) >= 11 is 6.33. The topological polar surface area (TPSA) is 63.8 Å². The van der Waals surface area contributed by atoms with Crippen LogP contribution >= 0.6 is 11.6 Å². The summed E-state index contributed by atoms with van der Waals surface area (Å²) in [6.07, 6.45) is 7.37. The SMILES string of the molecule is Cc1nc(Cc2cccc([C@H]3CCC[C@@H](c4ncccc4Cl)N3)n2)co1. The van der Waals surface area contributed by atoms with E-state index in [2.05, 4.69) is 27.4 Å². The number of hydrogen-bond acceptors (Lipinski definition) is 5. The van der Waals surface area contributed by atoms with Crippen LogP contribution in [0.2, 0.25) is 5.02 Å². The van der Waals surface area contributed by atoms with Crippen LogP contribution in [-0.2, 0) is 6.42 Å². The second-order valence-corrected chi connectivity index (χ2v) is 7.07. The van der Waals surface area contributed by atoms with Crippen LogP contribution in [0.5, 0.6) is 0 Å². The maximum atomic E-state index is 6.33. The van der Waals surface area contributed by atoms with Gasteiger partial charge in [0, 0.05) is 31.3 Å². The zero-order chi connectivity index (χ0) is 17.9. The minimum absolute atomic E-state index is 0.158. The molecule has 1 fully saturated rings. The van der Waals surface area contributed by atoms with Gasteiger partial charge in [0.15, 0.2) is 5.89 Å². The minimum atomic E-state index is 0.158. The molecule has 0 radical (unpaired) electrons. The van der Waals surface area contributed by atoms with Crippen molar-refractivity contribution < 1.29 is 4.42 Å². The number of nitrogens with one attached hydrogen (secondary N) is 1. The molecule has 5 nitrogen and oxygen atoms in total. The van der Waals surface area contributed by atoms with Crippen LogP contribution in [-0.4, -0.2) is 15.0 Å². The Morgan fingerprint density at radius 2 is 2.00 bits per heavy atom. The Hall–Kier alpha value is -2.24. The Morgan fingerprint density at radius 1 is 1.12 bits per heavy atom. The molecule has 3 aromatic rings. The summed E-state index contributed by atoms with van der Waals surface area (Å²) in [5.74, 6) is 0.681. The van der Waals surface area contributed by atoms with Crippen LogP contribution in [0, 0.1) is 6.92 Å². The van der Waals surface area contributed by atoms with E-state index in [0.717, 1.165) is 42.0 Å². The van der Waals surface area contributed by atoms with Gasteiger partial charge in [-0.2, -0.15) is 0 Å². The Morgan fingerprint density at radius 3 is 2.81 bits per heavy atom. The molecule has 1 aliphatic rings. The van der Waals surface area contributed by atoms with Crippen molar-refractivity contribution in [1.29, 1.82) is 0 Å². The van der Waals surface area contributed by atoms with Crippen molar-refractivity contribution in [3.8, 4) is 0 Å². The van der Waals surface area contributed by atoms with Gasteiger partial charge in [-0.25, -0.2) is 4.98 Å². The van der Waals surface area contributed by atoms with E-state index in [4.69, 9.17) is 21.0 Å². The van der Waals surface area contributed by atoms with Crippen LogP contribution < -0.4 is 5.32 Å². The molecule has 3 aromatic heterocycles. The molecule has 0 bridgehead atoms. The van der Waals surface area contributed by atoms with Crippen molar-refractivity contribution in [2.24, 2.45) is 0 Å². The summed E-state index contributed by atoms with van der Waals surface area (Å²) in [6, 6.07) is 10.3. The van der Waals surface area contributed by atoms with Gasteiger partial charge in [0.25, 0.3) is 0 Å². The second kappa shape index (κ2) is 7.56. The number of piperidine rings is 1. The fraction of sp³-hybridized carbons (Fsp3) is 0.350. The van der Waals surface area contributed by atoms with Gasteiger partial charge >= 0.3 is 0 Å². The van der Waals surface area contributed by atoms with Crippen molar-refractivity contribution in [2.45, 2.75) is 44.7 Å². The predicted octanol–water partition coefficient (Wildman–Crippen LogP) is 4.57.